The van der Waals surface area contributed by atoms with Crippen molar-refractivity contribution in [1.29, 1.82) is 0 Å². The van der Waals surface area contributed by atoms with E-state index in [0.29, 0.717) is 23.3 Å². The fraction of sp³-hybridized carbons (Fsp3) is 0.217. The van der Waals surface area contributed by atoms with Gasteiger partial charge in [-0.05, 0) is 31.9 Å². The number of hydrogen-bond donors (Lipinski definition) is 1. The van der Waals surface area contributed by atoms with Crippen molar-refractivity contribution in [3.05, 3.63) is 70.4 Å². The zero-order valence-corrected chi connectivity index (χ0v) is 17.9. The van der Waals surface area contributed by atoms with Crippen molar-refractivity contribution in [1.82, 2.24) is 15.1 Å². The molecule has 4 aromatic rings. The minimum atomic E-state index is -0.132. The summed E-state index contributed by atoms with van der Waals surface area (Å²) in [6, 6.07) is 13.9. The van der Waals surface area contributed by atoms with Gasteiger partial charge in [-0.3, -0.25) is 4.79 Å². The lowest BCUT2D eigenvalue weighted by Crippen LogP contribution is -2.12. The molecule has 0 radical (unpaired) electrons. The van der Waals surface area contributed by atoms with Crippen LogP contribution in [0.3, 0.4) is 0 Å². The first-order chi connectivity index (χ1) is 14.5. The zero-order valence-electron chi connectivity index (χ0n) is 17.1. The van der Waals surface area contributed by atoms with E-state index >= 15 is 0 Å². The van der Waals surface area contributed by atoms with Crippen molar-refractivity contribution in [2.24, 2.45) is 0 Å². The molecule has 0 fully saturated rings. The van der Waals surface area contributed by atoms with Crippen LogP contribution in [0.2, 0.25) is 0 Å². The van der Waals surface area contributed by atoms with Gasteiger partial charge in [0.15, 0.2) is 5.13 Å². The summed E-state index contributed by atoms with van der Waals surface area (Å²) in [5.74, 6) is 0.835. The lowest BCUT2D eigenvalue weighted by Gasteiger charge is -2.08. The number of benzene rings is 2. The molecular formula is C23H22N4O2S. The summed E-state index contributed by atoms with van der Waals surface area (Å²) in [4.78, 5) is 21.3. The molecule has 0 aliphatic carbocycles. The third-order valence-electron chi connectivity index (χ3n) is 4.75. The third kappa shape index (κ3) is 4.46. The van der Waals surface area contributed by atoms with Gasteiger partial charge < -0.3 is 9.84 Å². The maximum atomic E-state index is 12.4. The van der Waals surface area contributed by atoms with Crippen LogP contribution >= 0.6 is 11.3 Å². The molecule has 0 unspecified atom stereocenters. The van der Waals surface area contributed by atoms with Gasteiger partial charge in [-0.15, -0.1) is 11.3 Å². The molecule has 2 aromatic heterocycles. The Balaban J connectivity index is 1.37. The monoisotopic (exact) mass is 418 g/mol. The molecule has 0 saturated carbocycles. The predicted molar refractivity (Wildman–Crippen MR) is 118 cm³/mol. The summed E-state index contributed by atoms with van der Waals surface area (Å²) >= 11 is 1.42. The number of nitrogens with one attached hydrogen (secondary N) is 1. The molecule has 6 nitrogen and oxygen atoms in total. The minimum absolute atomic E-state index is 0.132. The van der Waals surface area contributed by atoms with E-state index in [1.165, 1.54) is 28.0 Å². The number of carbonyl (C=O) groups is 1. The summed E-state index contributed by atoms with van der Waals surface area (Å²) < 4.78 is 5.26. The number of carbonyl (C=O) groups excluding carboxylic acids is 1. The standard InChI is InChI=1S/C23H22N4O2S/c1-14-11-15(2)21(16(3)12-14)18-13-30-23(24-18)25-19(28)9-10-20-26-22(27-29-20)17-7-5-4-6-8-17/h4-8,11-13H,9-10H2,1-3H3,(H,24,25,28). The molecule has 0 aliphatic heterocycles. The first-order valence-corrected chi connectivity index (χ1v) is 10.6. The van der Waals surface area contributed by atoms with Crippen LogP contribution < -0.4 is 5.32 Å². The number of thiazole rings is 1. The van der Waals surface area contributed by atoms with Crippen LogP contribution in [0.4, 0.5) is 5.13 Å². The summed E-state index contributed by atoms with van der Waals surface area (Å²) in [6.07, 6.45) is 0.619. The Bertz CT molecular complexity index is 1160. The van der Waals surface area contributed by atoms with E-state index in [0.717, 1.165) is 16.8 Å². The van der Waals surface area contributed by atoms with E-state index in [1.54, 1.807) is 0 Å². The van der Waals surface area contributed by atoms with Crippen molar-refractivity contribution >= 4 is 22.4 Å². The smallest absolute Gasteiger partial charge is 0.227 e. The lowest BCUT2D eigenvalue weighted by atomic mass is 9.98. The molecule has 1 amide bonds. The minimum Gasteiger partial charge on any atom is -0.339 e. The molecule has 152 valence electrons. The van der Waals surface area contributed by atoms with Gasteiger partial charge in [0.05, 0.1) is 5.69 Å². The average molecular weight is 419 g/mol. The molecule has 4 rings (SSSR count). The van der Waals surface area contributed by atoms with Gasteiger partial charge in [0.25, 0.3) is 0 Å². The Labute approximate surface area is 179 Å². The van der Waals surface area contributed by atoms with E-state index in [4.69, 9.17) is 4.52 Å². The van der Waals surface area contributed by atoms with Gasteiger partial charge in [0, 0.05) is 29.3 Å². The Morgan fingerprint density at radius 2 is 1.80 bits per heavy atom. The topological polar surface area (TPSA) is 80.9 Å². The van der Waals surface area contributed by atoms with Crippen molar-refractivity contribution < 1.29 is 9.32 Å². The number of nitrogens with zero attached hydrogens (tertiary/aromatic N) is 3. The maximum Gasteiger partial charge on any atom is 0.227 e. The molecule has 2 heterocycles. The highest BCUT2D eigenvalue weighted by atomic mass is 32.1. The second-order valence-corrected chi connectivity index (χ2v) is 8.10. The van der Waals surface area contributed by atoms with Crippen molar-refractivity contribution in [3.8, 4) is 22.6 Å². The molecule has 7 heteroatoms. The third-order valence-corrected chi connectivity index (χ3v) is 5.51. The number of aryl methyl sites for hydroxylation is 4. The van der Waals surface area contributed by atoms with Crippen LogP contribution in [0.25, 0.3) is 22.6 Å². The van der Waals surface area contributed by atoms with Crippen LogP contribution in [0.1, 0.15) is 29.0 Å². The molecular weight excluding hydrogens is 396 g/mol. The largest absolute Gasteiger partial charge is 0.339 e. The highest BCUT2D eigenvalue weighted by Crippen LogP contribution is 2.31. The quantitative estimate of drug-likeness (QED) is 0.456. The second kappa shape index (κ2) is 8.59. The Morgan fingerprint density at radius 1 is 1.07 bits per heavy atom. The Hall–Kier alpha value is -3.32. The fourth-order valence-corrected chi connectivity index (χ4v) is 4.21. The van der Waals surface area contributed by atoms with E-state index in [2.05, 4.69) is 53.3 Å². The van der Waals surface area contributed by atoms with Gasteiger partial charge >= 0.3 is 0 Å². The molecule has 0 spiro atoms. The van der Waals surface area contributed by atoms with Crippen LogP contribution in [-0.4, -0.2) is 21.0 Å². The Kier molecular flexibility index (Phi) is 5.72. The summed E-state index contributed by atoms with van der Waals surface area (Å²) in [5, 5.41) is 9.41. The molecule has 0 saturated heterocycles. The van der Waals surface area contributed by atoms with Crippen LogP contribution in [0.15, 0.2) is 52.4 Å². The number of rotatable bonds is 6. The van der Waals surface area contributed by atoms with Gasteiger partial charge in [-0.2, -0.15) is 4.98 Å². The molecule has 0 bridgehead atoms. The highest BCUT2D eigenvalue weighted by molar-refractivity contribution is 7.14. The molecule has 2 aromatic carbocycles. The van der Waals surface area contributed by atoms with Crippen LogP contribution in [0, 0.1) is 20.8 Å². The van der Waals surface area contributed by atoms with Gasteiger partial charge in [-0.25, -0.2) is 4.98 Å². The summed E-state index contributed by atoms with van der Waals surface area (Å²) in [7, 11) is 0. The first-order valence-electron chi connectivity index (χ1n) is 9.71. The molecule has 1 N–H and O–H groups in total. The van der Waals surface area contributed by atoms with E-state index in [9.17, 15) is 4.79 Å². The summed E-state index contributed by atoms with van der Waals surface area (Å²) in [5.41, 5.74) is 6.48. The lowest BCUT2D eigenvalue weighted by molar-refractivity contribution is -0.116. The Morgan fingerprint density at radius 3 is 2.53 bits per heavy atom. The van der Waals surface area contributed by atoms with E-state index in [-0.39, 0.29) is 12.3 Å². The normalized spacial score (nSPS) is 10.9. The molecule has 0 atom stereocenters. The fourth-order valence-electron chi connectivity index (χ4n) is 3.49. The van der Waals surface area contributed by atoms with Crippen LogP contribution in [-0.2, 0) is 11.2 Å². The second-order valence-electron chi connectivity index (χ2n) is 7.24. The predicted octanol–water partition coefficient (Wildman–Crippen LogP) is 5.36. The van der Waals surface area contributed by atoms with Crippen LogP contribution in [0.5, 0.6) is 0 Å². The average Bonchev–Trinajstić information content (AvgIpc) is 3.36. The van der Waals surface area contributed by atoms with E-state index in [1.807, 2.05) is 35.7 Å². The first kappa shape index (κ1) is 20.0. The molecule has 0 aliphatic rings. The number of amides is 1. The zero-order chi connectivity index (χ0) is 21.1. The van der Waals surface area contributed by atoms with Crippen molar-refractivity contribution in [3.63, 3.8) is 0 Å². The SMILES string of the molecule is Cc1cc(C)c(-c2csc(NC(=O)CCc3nc(-c4ccccc4)no3)n2)c(C)c1. The van der Waals surface area contributed by atoms with Gasteiger partial charge in [0.2, 0.25) is 17.6 Å². The van der Waals surface area contributed by atoms with Crippen molar-refractivity contribution in [2.45, 2.75) is 33.6 Å². The summed E-state index contributed by atoms with van der Waals surface area (Å²) in [6.45, 7) is 6.25. The maximum absolute atomic E-state index is 12.4. The number of aromatic nitrogens is 3. The molecule has 30 heavy (non-hydrogen) atoms. The highest BCUT2D eigenvalue weighted by Gasteiger charge is 2.14. The number of anilines is 1. The number of hydrogen-bond acceptors (Lipinski definition) is 6. The van der Waals surface area contributed by atoms with Gasteiger partial charge in [0.1, 0.15) is 0 Å². The van der Waals surface area contributed by atoms with Gasteiger partial charge in [-0.1, -0.05) is 53.2 Å². The van der Waals surface area contributed by atoms with E-state index < -0.39 is 0 Å². The van der Waals surface area contributed by atoms with Crippen molar-refractivity contribution in [2.75, 3.05) is 5.32 Å².